The number of aryl methyl sites for hydroxylation is 1. The molecule has 1 amide bonds. The van der Waals surface area contributed by atoms with Crippen LogP contribution in [-0.4, -0.2) is 15.5 Å². The maximum atomic E-state index is 12.0. The zero-order valence-electron chi connectivity index (χ0n) is 11.4. The average molecular weight is 299 g/mol. The van der Waals surface area contributed by atoms with Gasteiger partial charge in [-0.25, -0.2) is 0 Å². The molecule has 6 heteroatoms. The second-order valence-electron chi connectivity index (χ2n) is 4.69. The van der Waals surface area contributed by atoms with E-state index >= 15 is 0 Å². The molecule has 0 saturated heterocycles. The van der Waals surface area contributed by atoms with Crippen molar-refractivity contribution in [2.45, 2.75) is 13.5 Å². The van der Waals surface area contributed by atoms with E-state index in [1.54, 1.807) is 17.6 Å². The number of rotatable bonds is 3. The van der Waals surface area contributed by atoms with Gasteiger partial charge < -0.3 is 5.32 Å². The molecule has 21 heavy (non-hydrogen) atoms. The van der Waals surface area contributed by atoms with Crippen molar-refractivity contribution < 1.29 is 4.79 Å². The van der Waals surface area contributed by atoms with E-state index in [2.05, 4.69) is 10.3 Å². The summed E-state index contributed by atoms with van der Waals surface area (Å²) in [6, 6.07) is 9.31. The van der Waals surface area contributed by atoms with Crippen molar-refractivity contribution in [2.24, 2.45) is 0 Å². The molecule has 0 bridgehead atoms. The number of hydrogen-bond acceptors (Lipinski definition) is 4. The monoisotopic (exact) mass is 299 g/mol. The molecule has 0 radical (unpaired) electrons. The molecule has 3 aromatic rings. The number of thiazole rings is 1. The number of carbonyl (C=O) groups excluding carboxylic acids is 1. The summed E-state index contributed by atoms with van der Waals surface area (Å²) in [5.41, 5.74) is 2.37. The maximum absolute atomic E-state index is 12.0. The van der Waals surface area contributed by atoms with Gasteiger partial charge in [-0.3, -0.25) is 19.1 Å². The number of anilines is 1. The Kier molecular flexibility index (Phi) is 3.53. The Labute approximate surface area is 124 Å². The highest BCUT2D eigenvalue weighted by atomic mass is 32.1. The van der Waals surface area contributed by atoms with Gasteiger partial charge in [-0.2, -0.15) is 0 Å². The van der Waals surface area contributed by atoms with Crippen molar-refractivity contribution in [1.29, 1.82) is 0 Å². The lowest BCUT2D eigenvalue weighted by atomic mass is 10.2. The molecule has 1 aromatic carbocycles. The lowest BCUT2D eigenvalue weighted by Gasteiger charge is -2.07. The molecule has 0 aliphatic heterocycles. The van der Waals surface area contributed by atoms with Crippen LogP contribution in [0.5, 0.6) is 0 Å². The first-order valence-corrected chi connectivity index (χ1v) is 7.31. The molecule has 2 aromatic heterocycles. The number of pyridine rings is 1. The summed E-state index contributed by atoms with van der Waals surface area (Å²) in [7, 11) is 0. The lowest BCUT2D eigenvalue weighted by molar-refractivity contribution is -0.116. The zero-order chi connectivity index (χ0) is 14.8. The van der Waals surface area contributed by atoms with E-state index in [0.29, 0.717) is 5.69 Å². The van der Waals surface area contributed by atoms with Crippen LogP contribution >= 0.6 is 11.3 Å². The van der Waals surface area contributed by atoms with Gasteiger partial charge in [-0.05, 0) is 31.2 Å². The molecule has 106 valence electrons. The van der Waals surface area contributed by atoms with Crippen LogP contribution in [0.2, 0.25) is 0 Å². The Morgan fingerprint density at radius 3 is 3.00 bits per heavy atom. The molecule has 2 heterocycles. The number of nitrogens with zero attached hydrogens (tertiary/aromatic N) is 2. The Morgan fingerprint density at radius 2 is 2.24 bits per heavy atom. The summed E-state index contributed by atoms with van der Waals surface area (Å²) < 4.78 is 1.46. The molecule has 0 saturated carbocycles. The summed E-state index contributed by atoms with van der Waals surface area (Å²) in [6.45, 7) is 1.84. The molecular formula is C15H13N3O2S. The van der Waals surface area contributed by atoms with Crippen molar-refractivity contribution >= 4 is 33.8 Å². The smallest absolute Gasteiger partial charge is 0.307 e. The summed E-state index contributed by atoms with van der Waals surface area (Å²) >= 11 is 1.10. The van der Waals surface area contributed by atoms with Gasteiger partial charge in [0.1, 0.15) is 6.54 Å². The van der Waals surface area contributed by atoms with E-state index in [9.17, 15) is 9.59 Å². The highest BCUT2D eigenvalue weighted by molar-refractivity contribution is 7.07. The average Bonchev–Trinajstić information content (AvgIpc) is 2.79. The van der Waals surface area contributed by atoms with Crippen LogP contribution in [0.3, 0.4) is 0 Å². The number of benzene rings is 1. The Morgan fingerprint density at radius 1 is 1.38 bits per heavy atom. The van der Waals surface area contributed by atoms with Crippen LogP contribution in [0.25, 0.3) is 10.9 Å². The minimum absolute atomic E-state index is 0.0270. The maximum Gasteiger partial charge on any atom is 0.307 e. The summed E-state index contributed by atoms with van der Waals surface area (Å²) in [4.78, 5) is 27.7. The fraction of sp³-hybridized carbons (Fsp3) is 0.133. The fourth-order valence-electron chi connectivity index (χ4n) is 2.09. The molecule has 0 aliphatic carbocycles. The first kappa shape index (κ1) is 13.5. The van der Waals surface area contributed by atoms with Gasteiger partial charge in [0.25, 0.3) is 0 Å². The van der Waals surface area contributed by atoms with Gasteiger partial charge in [-0.15, -0.1) is 0 Å². The van der Waals surface area contributed by atoms with Gasteiger partial charge in [-0.1, -0.05) is 17.4 Å². The van der Waals surface area contributed by atoms with E-state index in [1.165, 1.54) is 4.57 Å². The predicted molar refractivity (Wildman–Crippen MR) is 83.7 cm³/mol. The van der Waals surface area contributed by atoms with Crippen LogP contribution in [0.1, 0.15) is 5.69 Å². The van der Waals surface area contributed by atoms with Crippen molar-refractivity contribution in [3.8, 4) is 0 Å². The van der Waals surface area contributed by atoms with Gasteiger partial charge in [0.05, 0.1) is 5.52 Å². The van der Waals surface area contributed by atoms with Crippen molar-refractivity contribution in [3.05, 3.63) is 57.3 Å². The first-order valence-electron chi connectivity index (χ1n) is 6.43. The van der Waals surface area contributed by atoms with E-state index in [1.807, 2.05) is 31.2 Å². The number of fused-ring (bicyclic) bond motifs is 1. The predicted octanol–water partition coefficient (Wildman–Crippen LogP) is 2.41. The molecule has 0 spiro atoms. The highest BCUT2D eigenvalue weighted by Crippen LogP contribution is 2.17. The van der Waals surface area contributed by atoms with Crippen molar-refractivity contribution in [3.63, 3.8) is 0 Å². The lowest BCUT2D eigenvalue weighted by Crippen LogP contribution is -2.25. The normalized spacial score (nSPS) is 10.7. The van der Waals surface area contributed by atoms with Gasteiger partial charge >= 0.3 is 4.87 Å². The molecule has 0 unspecified atom stereocenters. The van der Waals surface area contributed by atoms with E-state index < -0.39 is 0 Å². The summed E-state index contributed by atoms with van der Waals surface area (Å²) in [5, 5.41) is 5.51. The third-order valence-corrected chi connectivity index (χ3v) is 4.05. The fourth-order valence-corrected chi connectivity index (χ4v) is 2.83. The summed E-state index contributed by atoms with van der Waals surface area (Å²) in [6.07, 6.45) is 1.73. The Bertz CT molecular complexity index is 866. The van der Waals surface area contributed by atoms with Gasteiger partial charge in [0.15, 0.2) is 0 Å². The third-order valence-electron chi connectivity index (χ3n) is 3.16. The molecule has 1 N–H and O–H groups in total. The Hall–Kier alpha value is -2.47. The molecule has 0 atom stereocenters. The number of hydrogen-bond donors (Lipinski definition) is 1. The first-order chi connectivity index (χ1) is 10.1. The van der Waals surface area contributed by atoms with Crippen LogP contribution < -0.4 is 10.2 Å². The van der Waals surface area contributed by atoms with Crippen LogP contribution in [0, 0.1) is 6.92 Å². The molecule has 5 nitrogen and oxygen atoms in total. The third kappa shape index (κ3) is 2.85. The zero-order valence-corrected chi connectivity index (χ0v) is 12.2. The van der Waals surface area contributed by atoms with Crippen LogP contribution in [-0.2, 0) is 11.3 Å². The molecule has 0 fully saturated rings. The standard InChI is InChI=1S/C15H13N3O2S/c1-10-9-21-15(20)18(10)8-14(19)17-12-4-5-13-11(7-12)3-2-6-16-13/h2-7,9H,8H2,1H3,(H,17,19). The number of nitrogens with one attached hydrogen (secondary N) is 1. The second-order valence-corrected chi connectivity index (χ2v) is 5.51. The van der Waals surface area contributed by atoms with E-state index in [4.69, 9.17) is 0 Å². The van der Waals surface area contributed by atoms with Crippen LogP contribution in [0.4, 0.5) is 5.69 Å². The van der Waals surface area contributed by atoms with E-state index in [0.717, 1.165) is 27.9 Å². The SMILES string of the molecule is Cc1csc(=O)n1CC(=O)Nc1ccc2ncccc2c1. The molecular weight excluding hydrogens is 286 g/mol. The number of aromatic nitrogens is 2. The van der Waals surface area contributed by atoms with E-state index in [-0.39, 0.29) is 17.3 Å². The largest absolute Gasteiger partial charge is 0.325 e. The van der Waals surface area contributed by atoms with Crippen molar-refractivity contribution in [2.75, 3.05) is 5.32 Å². The topological polar surface area (TPSA) is 64.0 Å². The van der Waals surface area contributed by atoms with Gasteiger partial charge in [0, 0.05) is 28.3 Å². The number of amides is 1. The minimum Gasteiger partial charge on any atom is -0.325 e. The van der Waals surface area contributed by atoms with Crippen LogP contribution in [0.15, 0.2) is 46.7 Å². The summed E-state index contributed by atoms with van der Waals surface area (Å²) in [5.74, 6) is -0.221. The molecule has 3 rings (SSSR count). The highest BCUT2D eigenvalue weighted by Gasteiger charge is 2.09. The van der Waals surface area contributed by atoms with Crippen molar-refractivity contribution in [1.82, 2.24) is 9.55 Å². The number of carbonyl (C=O) groups is 1. The Balaban J connectivity index is 1.78. The second kappa shape index (κ2) is 5.49. The minimum atomic E-state index is -0.221. The molecule has 0 aliphatic rings. The van der Waals surface area contributed by atoms with Gasteiger partial charge in [0.2, 0.25) is 5.91 Å². The quantitative estimate of drug-likeness (QED) is 0.807.